The summed E-state index contributed by atoms with van der Waals surface area (Å²) >= 11 is 0. The highest BCUT2D eigenvalue weighted by molar-refractivity contribution is 7.94. The number of anilines is 2. The standard InChI is InChI=1S/C19H20N2O5S2/c1-13-11-16(21-19(22)9-10-27(21,23)24)7-8-18(13)28(25,26)20-14(2)12-15-5-3-4-6-17(15)20/h3-8,11,14H,9-10,12H2,1-2H3. The molecule has 1 unspecified atom stereocenters. The second-order valence-electron chi connectivity index (χ2n) is 7.16. The van der Waals surface area contributed by atoms with Crippen molar-refractivity contribution in [1.82, 2.24) is 0 Å². The molecule has 0 radical (unpaired) electrons. The molecule has 0 aliphatic carbocycles. The zero-order chi connectivity index (χ0) is 20.3. The molecule has 2 heterocycles. The summed E-state index contributed by atoms with van der Waals surface area (Å²) in [5.41, 5.74) is 2.20. The van der Waals surface area contributed by atoms with Gasteiger partial charge in [0.05, 0.1) is 22.0 Å². The summed E-state index contributed by atoms with van der Waals surface area (Å²) in [6.07, 6.45) is 0.566. The van der Waals surface area contributed by atoms with E-state index in [0.717, 1.165) is 9.87 Å². The van der Waals surface area contributed by atoms with Gasteiger partial charge in [0, 0.05) is 12.5 Å². The Bertz CT molecular complexity index is 1190. The van der Waals surface area contributed by atoms with Crippen LogP contribution in [0.3, 0.4) is 0 Å². The van der Waals surface area contributed by atoms with E-state index in [1.54, 1.807) is 19.1 Å². The van der Waals surface area contributed by atoms with Crippen molar-refractivity contribution in [2.45, 2.75) is 37.6 Å². The van der Waals surface area contributed by atoms with Crippen molar-refractivity contribution in [3.63, 3.8) is 0 Å². The molecule has 0 spiro atoms. The second kappa shape index (κ2) is 6.31. The number of para-hydroxylation sites is 1. The van der Waals surface area contributed by atoms with E-state index in [1.807, 2.05) is 19.1 Å². The summed E-state index contributed by atoms with van der Waals surface area (Å²) in [6.45, 7) is 3.47. The molecule has 0 aromatic heterocycles. The highest BCUT2D eigenvalue weighted by Gasteiger charge is 2.39. The normalized spacial score (nSPS) is 21.2. The molecule has 28 heavy (non-hydrogen) atoms. The van der Waals surface area contributed by atoms with Gasteiger partial charge in [0.1, 0.15) is 0 Å². The summed E-state index contributed by atoms with van der Waals surface area (Å²) in [4.78, 5) is 12.1. The molecule has 0 bridgehead atoms. The van der Waals surface area contributed by atoms with Crippen LogP contribution in [0.25, 0.3) is 0 Å². The molecule has 148 valence electrons. The van der Waals surface area contributed by atoms with Crippen LogP contribution < -0.4 is 8.61 Å². The molecule has 1 amide bonds. The summed E-state index contributed by atoms with van der Waals surface area (Å²) in [7, 11) is -7.53. The van der Waals surface area contributed by atoms with Crippen LogP contribution in [0.4, 0.5) is 11.4 Å². The first-order valence-electron chi connectivity index (χ1n) is 8.92. The van der Waals surface area contributed by atoms with Crippen LogP contribution in [0.1, 0.15) is 24.5 Å². The predicted octanol–water partition coefficient (Wildman–Crippen LogP) is 2.20. The van der Waals surface area contributed by atoms with E-state index in [2.05, 4.69) is 0 Å². The van der Waals surface area contributed by atoms with Gasteiger partial charge in [-0.15, -0.1) is 0 Å². The van der Waals surface area contributed by atoms with E-state index in [1.165, 1.54) is 22.5 Å². The number of amides is 1. The molecule has 1 fully saturated rings. The average molecular weight is 421 g/mol. The number of carbonyl (C=O) groups is 1. The topological polar surface area (TPSA) is 91.8 Å². The fraction of sp³-hybridized carbons (Fsp3) is 0.316. The zero-order valence-corrected chi connectivity index (χ0v) is 17.1. The molecule has 1 saturated heterocycles. The molecule has 9 heteroatoms. The molecular weight excluding hydrogens is 400 g/mol. The Labute approximate surface area is 164 Å². The van der Waals surface area contributed by atoms with Gasteiger partial charge < -0.3 is 0 Å². The molecule has 1 atom stereocenters. The highest BCUT2D eigenvalue weighted by Crippen LogP contribution is 2.38. The van der Waals surface area contributed by atoms with Crippen LogP contribution in [0.15, 0.2) is 47.4 Å². The lowest BCUT2D eigenvalue weighted by Crippen LogP contribution is -2.36. The predicted molar refractivity (Wildman–Crippen MR) is 106 cm³/mol. The fourth-order valence-corrected chi connectivity index (χ4v) is 7.28. The first-order valence-corrected chi connectivity index (χ1v) is 12.0. The Kier molecular flexibility index (Phi) is 4.27. The van der Waals surface area contributed by atoms with Crippen LogP contribution in [-0.2, 0) is 31.3 Å². The number of benzene rings is 2. The van der Waals surface area contributed by atoms with Crippen LogP contribution in [0, 0.1) is 6.92 Å². The Morgan fingerprint density at radius 1 is 1.11 bits per heavy atom. The van der Waals surface area contributed by atoms with Gasteiger partial charge in [-0.05, 0) is 55.7 Å². The number of fused-ring (bicyclic) bond motifs is 1. The number of hydrogen-bond donors (Lipinski definition) is 0. The van der Waals surface area contributed by atoms with E-state index in [9.17, 15) is 21.6 Å². The van der Waals surface area contributed by atoms with Gasteiger partial charge in [-0.2, -0.15) is 0 Å². The van der Waals surface area contributed by atoms with Gasteiger partial charge in [-0.1, -0.05) is 18.2 Å². The molecule has 2 aromatic carbocycles. The Balaban J connectivity index is 1.77. The Hall–Kier alpha value is -2.39. The third kappa shape index (κ3) is 2.80. The minimum absolute atomic E-state index is 0.0660. The van der Waals surface area contributed by atoms with E-state index in [-0.39, 0.29) is 28.8 Å². The van der Waals surface area contributed by atoms with Crippen molar-refractivity contribution < 1.29 is 21.6 Å². The molecule has 0 saturated carbocycles. The van der Waals surface area contributed by atoms with Crippen LogP contribution in [-0.4, -0.2) is 34.5 Å². The largest absolute Gasteiger partial charge is 0.273 e. The first kappa shape index (κ1) is 18.9. The Morgan fingerprint density at radius 2 is 1.82 bits per heavy atom. The molecule has 2 aliphatic heterocycles. The molecule has 0 N–H and O–H groups in total. The maximum absolute atomic E-state index is 13.4. The Morgan fingerprint density at radius 3 is 2.46 bits per heavy atom. The van der Waals surface area contributed by atoms with Crippen molar-refractivity contribution in [2.75, 3.05) is 14.4 Å². The lowest BCUT2D eigenvalue weighted by Gasteiger charge is -2.26. The summed E-state index contributed by atoms with van der Waals surface area (Å²) < 4.78 is 53.2. The number of hydrogen-bond acceptors (Lipinski definition) is 5. The summed E-state index contributed by atoms with van der Waals surface area (Å²) in [6, 6.07) is 11.4. The lowest BCUT2D eigenvalue weighted by atomic mass is 10.1. The van der Waals surface area contributed by atoms with Crippen molar-refractivity contribution in [1.29, 1.82) is 0 Å². The molecule has 7 nitrogen and oxygen atoms in total. The maximum Gasteiger partial charge on any atom is 0.264 e. The van der Waals surface area contributed by atoms with E-state index < -0.39 is 26.0 Å². The molecule has 4 rings (SSSR count). The van der Waals surface area contributed by atoms with Gasteiger partial charge >= 0.3 is 0 Å². The van der Waals surface area contributed by atoms with Gasteiger partial charge in [0.15, 0.2) is 0 Å². The minimum atomic E-state index is -3.83. The van der Waals surface area contributed by atoms with Crippen molar-refractivity contribution in [3.8, 4) is 0 Å². The third-order valence-electron chi connectivity index (χ3n) is 5.15. The third-order valence-corrected chi connectivity index (χ3v) is 8.93. The van der Waals surface area contributed by atoms with Gasteiger partial charge in [0.2, 0.25) is 15.9 Å². The van der Waals surface area contributed by atoms with E-state index >= 15 is 0 Å². The summed E-state index contributed by atoms with van der Waals surface area (Å²) in [5, 5.41) is 0. The van der Waals surface area contributed by atoms with Crippen molar-refractivity contribution in [3.05, 3.63) is 53.6 Å². The number of sulfonamides is 2. The minimum Gasteiger partial charge on any atom is -0.273 e. The smallest absolute Gasteiger partial charge is 0.264 e. The first-order chi connectivity index (χ1) is 13.1. The summed E-state index contributed by atoms with van der Waals surface area (Å²) in [5.74, 6) is -0.732. The number of carbonyl (C=O) groups excluding carboxylic acids is 1. The van der Waals surface area contributed by atoms with Gasteiger partial charge in [-0.25, -0.2) is 21.1 Å². The SMILES string of the molecule is Cc1cc(N2C(=O)CCS2(=O)=O)ccc1S(=O)(=O)N1c2ccccc2CC1C. The quantitative estimate of drug-likeness (QED) is 0.759. The molecule has 2 aromatic rings. The van der Waals surface area contributed by atoms with Gasteiger partial charge in [-0.3, -0.25) is 9.10 Å². The maximum atomic E-state index is 13.4. The zero-order valence-electron chi connectivity index (χ0n) is 15.5. The van der Waals surface area contributed by atoms with Crippen LogP contribution in [0.2, 0.25) is 0 Å². The number of aryl methyl sites for hydroxylation is 1. The second-order valence-corrected chi connectivity index (χ2v) is 10.9. The number of rotatable bonds is 3. The highest BCUT2D eigenvalue weighted by atomic mass is 32.2. The fourth-order valence-electron chi connectivity index (χ4n) is 3.93. The lowest BCUT2D eigenvalue weighted by molar-refractivity contribution is -0.116. The van der Waals surface area contributed by atoms with Crippen molar-refractivity contribution >= 4 is 37.3 Å². The van der Waals surface area contributed by atoms with Crippen molar-refractivity contribution in [2.24, 2.45) is 0 Å². The monoisotopic (exact) mass is 420 g/mol. The average Bonchev–Trinajstić information content (AvgIpc) is 3.09. The molecular formula is C19H20N2O5S2. The van der Waals surface area contributed by atoms with Crippen LogP contribution in [0.5, 0.6) is 0 Å². The van der Waals surface area contributed by atoms with E-state index in [4.69, 9.17) is 0 Å². The number of nitrogens with zero attached hydrogens (tertiary/aromatic N) is 2. The molecule has 2 aliphatic rings. The van der Waals surface area contributed by atoms with Gasteiger partial charge in [0.25, 0.3) is 10.0 Å². The van der Waals surface area contributed by atoms with Crippen LogP contribution >= 0.6 is 0 Å². The van der Waals surface area contributed by atoms with E-state index in [0.29, 0.717) is 17.7 Å².